The lowest BCUT2D eigenvalue weighted by Crippen LogP contribution is -2.73. The van der Waals surface area contributed by atoms with Crippen molar-refractivity contribution in [3.63, 3.8) is 0 Å². The first-order valence-corrected chi connectivity index (χ1v) is 21.4. The van der Waals surface area contributed by atoms with E-state index in [9.17, 15) is 0 Å². The Labute approximate surface area is 330 Å². The molecule has 1 aliphatic rings. The first-order valence-electron chi connectivity index (χ1n) is 19.4. The molecule has 0 atom stereocenters. The molecule has 0 bridgehead atoms. The average Bonchev–Trinajstić information content (AvgIpc) is 3.93. The van der Waals surface area contributed by atoms with Crippen molar-refractivity contribution in [1.82, 2.24) is 14.5 Å². The van der Waals surface area contributed by atoms with E-state index in [4.69, 9.17) is 14.4 Å². The highest BCUT2D eigenvalue weighted by molar-refractivity contribution is 7.21. The second-order valence-corrected chi connectivity index (χ2v) is 18.5. The molecular weight excluding hydrogens is 711 g/mol. The number of fused-ring (bicyclic) bond motifs is 10. The van der Waals surface area contributed by atoms with Gasteiger partial charge in [-0.1, -0.05) is 164 Å². The number of hydrogen-bond acceptors (Lipinski definition) is 3. The van der Waals surface area contributed by atoms with Gasteiger partial charge in [-0.15, -0.1) is 0 Å². The number of nitrogens with zero attached hydrogens (tertiary/aromatic N) is 3. The monoisotopic (exact) mass is 743 g/mol. The van der Waals surface area contributed by atoms with Crippen LogP contribution in [0.2, 0.25) is 0 Å². The van der Waals surface area contributed by atoms with Crippen molar-refractivity contribution >= 4 is 72.7 Å². The summed E-state index contributed by atoms with van der Waals surface area (Å²) < 4.78 is 8.86. The Hall–Kier alpha value is -7.34. The Kier molecular flexibility index (Phi) is 6.91. The SMILES string of the molecule is c1ccc(-c2nc(-c3cccc(-n4c5ccccc5c5ccc6oc7ccccc7c6c54)c3)c3c(n2)[Si](c2ccccc2)(c2ccccc2)c2ccccc2-3)cc1. The van der Waals surface area contributed by atoms with Crippen LogP contribution < -0.4 is 20.9 Å². The molecule has 1 aliphatic heterocycles. The van der Waals surface area contributed by atoms with Crippen molar-refractivity contribution in [3.05, 3.63) is 200 Å². The minimum Gasteiger partial charge on any atom is -0.456 e. The molecule has 4 heterocycles. The van der Waals surface area contributed by atoms with Gasteiger partial charge in [-0.3, -0.25) is 0 Å². The number of benzene rings is 8. The Morgan fingerprint density at radius 3 is 1.91 bits per heavy atom. The van der Waals surface area contributed by atoms with Gasteiger partial charge >= 0.3 is 0 Å². The summed E-state index contributed by atoms with van der Waals surface area (Å²) in [5.74, 6) is 0.731. The Balaban J connectivity index is 1.19. The molecule has 0 fully saturated rings. The smallest absolute Gasteiger partial charge is 0.203 e. The Bertz CT molecular complexity index is 3310. The van der Waals surface area contributed by atoms with E-state index < -0.39 is 8.07 Å². The standard InChI is InChI=1S/C52H33N3OSi/c1-4-17-34(18-5-1)51-53-49(48-42-27-12-15-30-46(42)57(52(48)54-51,37-21-6-2-7-22-37)38-23-8-3-9-24-38)35-19-16-20-36(33-35)55-43-28-13-10-25-39(43)40-31-32-45-47(50(40)55)41-26-11-14-29-44(41)56-45/h1-33H. The first kappa shape index (κ1) is 32.0. The van der Waals surface area contributed by atoms with E-state index in [0.29, 0.717) is 0 Å². The summed E-state index contributed by atoms with van der Waals surface area (Å²) in [5, 5.41) is 9.70. The van der Waals surface area contributed by atoms with E-state index in [-0.39, 0.29) is 0 Å². The molecule has 12 rings (SSSR count). The maximum atomic E-state index is 6.45. The molecule has 8 aromatic carbocycles. The van der Waals surface area contributed by atoms with Gasteiger partial charge in [0, 0.05) is 38.5 Å². The lowest BCUT2D eigenvalue weighted by Gasteiger charge is -2.30. The minimum absolute atomic E-state index is 0.731. The molecule has 0 aliphatic carbocycles. The number of aromatic nitrogens is 3. The zero-order chi connectivity index (χ0) is 37.5. The van der Waals surface area contributed by atoms with Gasteiger partial charge in [0.1, 0.15) is 11.2 Å². The Morgan fingerprint density at radius 2 is 1.12 bits per heavy atom. The summed E-state index contributed by atoms with van der Waals surface area (Å²) in [5.41, 5.74) is 10.4. The summed E-state index contributed by atoms with van der Waals surface area (Å²) in [6.07, 6.45) is 0. The van der Waals surface area contributed by atoms with Crippen LogP contribution in [0.5, 0.6) is 0 Å². The third-order valence-corrected chi connectivity index (χ3v) is 16.6. The van der Waals surface area contributed by atoms with Crippen molar-refractivity contribution in [1.29, 1.82) is 0 Å². The average molecular weight is 744 g/mol. The Morgan fingerprint density at radius 1 is 0.474 bits per heavy atom. The zero-order valence-electron chi connectivity index (χ0n) is 30.8. The van der Waals surface area contributed by atoms with Gasteiger partial charge in [0.2, 0.25) is 8.07 Å². The molecule has 5 heteroatoms. The molecule has 0 radical (unpaired) electrons. The van der Waals surface area contributed by atoms with Gasteiger partial charge in [-0.05, 0) is 57.5 Å². The molecular formula is C52H33N3OSi. The van der Waals surface area contributed by atoms with Gasteiger partial charge in [-0.25, -0.2) is 9.97 Å². The molecule has 11 aromatic rings. The number of para-hydroxylation sites is 2. The summed E-state index contributed by atoms with van der Waals surface area (Å²) in [6.45, 7) is 0. The van der Waals surface area contributed by atoms with Crippen LogP contribution in [0.3, 0.4) is 0 Å². The van der Waals surface area contributed by atoms with Crippen molar-refractivity contribution in [3.8, 4) is 39.5 Å². The summed E-state index contributed by atoms with van der Waals surface area (Å²) in [6, 6.07) is 71.8. The zero-order valence-corrected chi connectivity index (χ0v) is 31.8. The third-order valence-electron chi connectivity index (χ3n) is 11.9. The van der Waals surface area contributed by atoms with Crippen LogP contribution in [0.4, 0.5) is 0 Å². The maximum absolute atomic E-state index is 6.45. The highest BCUT2D eigenvalue weighted by Gasteiger charge is 2.51. The predicted molar refractivity (Wildman–Crippen MR) is 237 cm³/mol. The van der Waals surface area contributed by atoms with Crippen LogP contribution in [-0.4, -0.2) is 22.6 Å². The van der Waals surface area contributed by atoms with Gasteiger partial charge in [0.15, 0.2) is 5.82 Å². The van der Waals surface area contributed by atoms with Gasteiger partial charge in [0.05, 0.1) is 27.4 Å². The predicted octanol–water partition coefficient (Wildman–Crippen LogP) is 10.2. The quantitative estimate of drug-likeness (QED) is 0.165. The second-order valence-electron chi connectivity index (χ2n) is 14.8. The normalized spacial score (nSPS) is 13.1. The van der Waals surface area contributed by atoms with Crippen LogP contribution in [0, 0.1) is 0 Å². The van der Waals surface area contributed by atoms with Crippen molar-refractivity contribution in [2.45, 2.75) is 0 Å². The highest BCUT2D eigenvalue weighted by Crippen LogP contribution is 2.42. The highest BCUT2D eigenvalue weighted by atomic mass is 28.3. The topological polar surface area (TPSA) is 43.9 Å². The van der Waals surface area contributed by atoms with Crippen LogP contribution >= 0.6 is 0 Å². The molecule has 0 saturated carbocycles. The maximum Gasteiger partial charge on any atom is 0.203 e. The van der Waals surface area contributed by atoms with Crippen LogP contribution in [0.1, 0.15) is 0 Å². The van der Waals surface area contributed by atoms with Gasteiger partial charge < -0.3 is 8.98 Å². The van der Waals surface area contributed by atoms with E-state index in [1.165, 1.54) is 31.9 Å². The molecule has 0 amide bonds. The minimum atomic E-state index is -2.91. The molecule has 0 N–H and O–H groups in total. The van der Waals surface area contributed by atoms with Crippen molar-refractivity contribution in [2.75, 3.05) is 0 Å². The molecule has 4 nitrogen and oxygen atoms in total. The van der Waals surface area contributed by atoms with E-state index in [2.05, 4.69) is 199 Å². The van der Waals surface area contributed by atoms with Crippen molar-refractivity contribution < 1.29 is 4.42 Å². The molecule has 0 saturated heterocycles. The molecule has 0 spiro atoms. The summed E-state index contributed by atoms with van der Waals surface area (Å²) >= 11 is 0. The molecule has 266 valence electrons. The largest absolute Gasteiger partial charge is 0.456 e. The fourth-order valence-electron chi connectivity index (χ4n) is 9.52. The van der Waals surface area contributed by atoms with Gasteiger partial charge in [0.25, 0.3) is 0 Å². The van der Waals surface area contributed by atoms with E-state index in [1.807, 2.05) is 6.07 Å². The third kappa shape index (κ3) is 4.55. The molecule has 0 unspecified atom stereocenters. The molecule has 57 heavy (non-hydrogen) atoms. The lowest BCUT2D eigenvalue weighted by molar-refractivity contribution is 0.669. The van der Waals surface area contributed by atoms with Crippen LogP contribution in [-0.2, 0) is 0 Å². The lowest BCUT2D eigenvalue weighted by atomic mass is 10.00. The summed E-state index contributed by atoms with van der Waals surface area (Å²) in [4.78, 5) is 11.2. The number of rotatable bonds is 5. The van der Waals surface area contributed by atoms with E-state index in [1.54, 1.807) is 0 Å². The second kappa shape index (κ2) is 12.3. The van der Waals surface area contributed by atoms with Gasteiger partial charge in [-0.2, -0.15) is 0 Å². The van der Waals surface area contributed by atoms with E-state index >= 15 is 0 Å². The molecule has 3 aromatic heterocycles. The number of hydrogen-bond donors (Lipinski definition) is 0. The first-order chi connectivity index (χ1) is 28.3. The fourth-order valence-corrected chi connectivity index (χ4v) is 14.5. The van der Waals surface area contributed by atoms with Crippen LogP contribution in [0.15, 0.2) is 205 Å². The van der Waals surface area contributed by atoms with Crippen molar-refractivity contribution in [2.24, 2.45) is 0 Å². The summed E-state index contributed by atoms with van der Waals surface area (Å²) in [7, 11) is -2.91. The fraction of sp³-hybridized carbons (Fsp3) is 0. The van der Waals surface area contributed by atoms with E-state index in [0.717, 1.165) is 72.2 Å². The van der Waals surface area contributed by atoms with Crippen LogP contribution in [0.25, 0.3) is 83.2 Å². The number of furan rings is 1.